The van der Waals surface area contributed by atoms with Gasteiger partial charge in [-0.1, -0.05) is 6.42 Å². The summed E-state index contributed by atoms with van der Waals surface area (Å²) in [6.07, 6.45) is 5.64. The highest BCUT2D eigenvalue weighted by Gasteiger charge is 2.35. The molecule has 1 rings (SSSR count). The molecular formula is C18H34N6O4. The van der Waals surface area contributed by atoms with Gasteiger partial charge in [-0.2, -0.15) is 0 Å². The maximum absolute atomic E-state index is 12.6. The molecule has 160 valence electrons. The maximum Gasteiger partial charge on any atom is 0.326 e. The van der Waals surface area contributed by atoms with Crippen LogP contribution in [0.15, 0.2) is 4.99 Å². The molecule has 2 amide bonds. The van der Waals surface area contributed by atoms with Crippen LogP contribution in [0.4, 0.5) is 0 Å². The van der Waals surface area contributed by atoms with Crippen molar-refractivity contribution < 1.29 is 19.5 Å². The SMILES string of the molecule is NCCCCCC(=O)N1CCC[C@@H]1C(=O)N[C@@H](CCCCN=C(N)N)C(=O)O. The smallest absolute Gasteiger partial charge is 0.326 e. The summed E-state index contributed by atoms with van der Waals surface area (Å²) in [5.74, 6) is -1.55. The van der Waals surface area contributed by atoms with E-state index in [1.165, 1.54) is 0 Å². The lowest BCUT2D eigenvalue weighted by Gasteiger charge is -2.25. The number of nitrogens with two attached hydrogens (primary N) is 3. The highest BCUT2D eigenvalue weighted by atomic mass is 16.4. The molecule has 10 heteroatoms. The molecule has 1 saturated heterocycles. The Morgan fingerprint density at radius 1 is 1.14 bits per heavy atom. The normalized spacial score (nSPS) is 17.2. The van der Waals surface area contributed by atoms with Gasteiger partial charge in [-0.15, -0.1) is 0 Å². The predicted octanol–water partition coefficient (Wildman–Crippen LogP) is -0.490. The van der Waals surface area contributed by atoms with E-state index in [0.29, 0.717) is 45.3 Å². The van der Waals surface area contributed by atoms with Crippen molar-refractivity contribution in [2.24, 2.45) is 22.2 Å². The molecule has 0 radical (unpaired) electrons. The van der Waals surface area contributed by atoms with Gasteiger partial charge in [0.1, 0.15) is 12.1 Å². The molecule has 0 aliphatic carbocycles. The number of unbranched alkanes of at least 4 members (excludes halogenated alkanes) is 3. The molecule has 8 N–H and O–H groups in total. The number of aliphatic imine (C=N–C) groups is 1. The molecule has 0 spiro atoms. The summed E-state index contributed by atoms with van der Waals surface area (Å²) in [5.41, 5.74) is 15.9. The lowest BCUT2D eigenvalue weighted by atomic mass is 10.1. The number of nitrogens with one attached hydrogen (secondary N) is 1. The van der Waals surface area contributed by atoms with Crippen LogP contribution in [0.5, 0.6) is 0 Å². The average Bonchev–Trinajstić information content (AvgIpc) is 3.13. The van der Waals surface area contributed by atoms with Gasteiger partial charge < -0.3 is 32.5 Å². The summed E-state index contributed by atoms with van der Waals surface area (Å²) in [4.78, 5) is 41.9. The molecule has 0 aromatic heterocycles. The monoisotopic (exact) mass is 398 g/mol. The minimum Gasteiger partial charge on any atom is -0.480 e. The summed E-state index contributed by atoms with van der Waals surface area (Å²) in [7, 11) is 0. The number of carbonyl (C=O) groups excluding carboxylic acids is 2. The van der Waals surface area contributed by atoms with Crippen molar-refractivity contribution in [1.29, 1.82) is 0 Å². The number of hydrogen-bond acceptors (Lipinski definition) is 5. The molecule has 28 heavy (non-hydrogen) atoms. The number of carboxylic acid groups (broad SMARTS) is 1. The van der Waals surface area contributed by atoms with Crippen molar-refractivity contribution in [3.63, 3.8) is 0 Å². The quantitative estimate of drug-likeness (QED) is 0.158. The molecule has 10 nitrogen and oxygen atoms in total. The molecule has 1 aliphatic heterocycles. The average molecular weight is 399 g/mol. The Labute approximate surface area is 165 Å². The second-order valence-corrected chi connectivity index (χ2v) is 7.05. The van der Waals surface area contributed by atoms with Crippen LogP contribution in [0.25, 0.3) is 0 Å². The predicted molar refractivity (Wildman–Crippen MR) is 106 cm³/mol. The number of likely N-dealkylation sites (tertiary alicyclic amines) is 1. The van der Waals surface area contributed by atoms with E-state index >= 15 is 0 Å². The van der Waals surface area contributed by atoms with Gasteiger partial charge >= 0.3 is 5.97 Å². The van der Waals surface area contributed by atoms with Crippen molar-refractivity contribution in [2.45, 2.75) is 69.9 Å². The van der Waals surface area contributed by atoms with Gasteiger partial charge in [0, 0.05) is 19.5 Å². The Balaban J connectivity index is 2.50. The summed E-state index contributed by atoms with van der Waals surface area (Å²) in [6, 6.07) is -1.58. The summed E-state index contributed by atoms with van der Waals surface area (Å²) >= 11 is 0. The van der Waals surface area contributed by atoms with E-state index in [1.54, 1.807) is 4.90 Å². The molecule has 2 atom stereocenters. The second kappa shape index (κ2) is 12.9. The third kappa shape index (κ3) is 8.55. The number of hydrogen-bond donors (Lipinski definition) is 5. The fraction of sp³-hybridized carbons (Fsp3) is 0.778. The summed E-state index contributed by atoms with van der Waals surface area (Å²) < 4.78 is 0. The number of rotatable bonds is 13. The molecule has 0 saturated carbocycles. The first kappa shape index (κ1) is 23.7. The van der Waals surface area contributed by atoms with Gasteiger partial charge in [-0.05, 0) is 51.5 Å². The first-order valence-electron chi connectivity index (χ1n) is 9.95. The van der Waals surface area contributed by atoms with Gasteiger partial charge in [0.2, 0.25) is 11.8 Å². The van der Waals surface area contributed by atoms with E-state index in [1.807, 2.05) is 0 Å². The zero-order valence-electron chi connectivity index (χ0n) is 16.4. The molecule has 1 heterocycles. The van der Waals surface area contributed by atoms with Crippen LogP contribution in [0, 0.1) is 0 Å². The minimum atomic E-state index is -1.09. The van der Waals surface area contributed by atoms with Crippen molar-refractivity contribution in [3.8, 4) is 0 Å². The standard InChI is InChI=1S/C18H34N6O4/c19-10-4-1-2-9-15(25)24-12-6-8-14(24)16(26)23-13(17(27)28)7-3-5-11-22-18(20)21/h13-14H,1-12,19H2,(H,23,26)(H,27,28)(H4,20,21,22)/t13-,14+/m0/s1. The number of amides is 2. The third-order valence-electron chi connectivity index (χ3n) is 4.78. The highest BCUT2D eigenvalue weighted by Crippen LogP contribution is 2.20. The Morgan fingerprint density at radius 3 is 2.54 bits per heavy atom. The maximum atomic E-state index is 12.6. The van der Waals surface area contributed by atoms with Gasteiger partial charge in [-0.25, -0.2) is 4.79 Å². The van der Waals surface area contributed by atoms with Gasteiger partial charge in [0.05, 0.1) is 0 Å². The van der Waals surface area contributed by atoms with Gasteiger partial charge in [0.25, 0.3) is 0 Å². The summed E-state index contributed by atoms with van der Waals surface area (Å²) in [6.45, 7) is 1.55. The van der Waals surface area contributed by atoms with Crippen LogP contribution in [-0.4, -0.2) is 65.5 Å². The summed E-state index contributed by atoms with van der Waals surface area (Å²) in [5, 5.41) is 12.0. The number of carbonyl (C=O) groups is 3. The Morgan fingerprint density at radius 2 is 1.89 bits per heavy atom. The lowest BCUT2D eigenvalue weighted by molar-refractivity contribution is -0.144. The van der Waals surface area contributed by atoms with Gasteiger partial charge in [-0.3, -0.25) is 14.6 Å². The Bertz CT molecular complexity index is 550. The van der Waals surface area contributed by atoms with Crippen molar-refractivity contribution in [1.82, 2.24) is 10.2 Å². The highest BCUT2D eigenvalue weighted by molar-refractivity contribution is 5.90. The van der Waals surface area contributed by atoms with Crippen LogP contribution in [-0.2, 0) is 14.4 Å². The van der Waals surface area contributed by atoms with E-state index in [-0.39, 0.29) is 18.3 Å². The first-order chi connectivity index (χ1) is 13.4. The van der Waals surface area contributed by atoms with Gasteiger partial charge in [0.15, 0.2) is 5.96 Å². The Hall–Kier alpha value is -2.36. The number of guanidine groups is 1. The van der Waals surface area contributed by atoms with Crippen molar-refractivity contribution in [3.05, 3.63) is 0 Å². The molecular weight excluding hydrogens is 364 g/mol. The zero-order chi connectivity index (χ0) is 20.9. The second-order valence-electron chi connectivity index (χ2n) is 7.05. The van der Waals surface area contributed by atoms with Crippen LogP contribution in [0.3, 0.4) is 0 Å². The largest absolute Gasteiger partial charge is 0.480 e. The first-order valence-corrected chi connectivity index (χ1v) is 9.95. The van der Waals surface area contributed by atoms with E-state index in [9.17, 15) is 19.5 Å². The minimum absolute atomic E-state index is 0.00268. The van der Waals surface area contributed by atoms with E-state index in [0.717, 1.165) is 25.7 Å². The fourth-order valence-corrected chi connectivity index (χ4v) is 3.27. The Kier molecular flexibility index (Phi) is 10.9. The van der Waals surface area contributed by atoms with E-state index in [4.69, 9.17) is 17.2 Å². The number of nitrogens with zero attached hydrogens (tertiary/aromatic N) is 2. The third-order valence-corrected chi connectivity index (χ3v) is 4.78. The zero-order valence-corrected chi connectivity index (χ0v) is 16.4. The number of aliphatic carboxylic acids is 1. The van der Waals surface area contributed by atoms with Crippen LogP contribution < -0.4 is 22.5 Å². The van der Waals surface area contributed by atoms with Crippen LogP contribution in [0.2, 0.25) is 0 Å². The van der Waals surface area contributed by atoms with E-state index in [2.05, 4.69) is 10.3 Å². The van der Waals surface area contributed by atoms with E-state index < -0.39 is 24.0 Å². The topological polar surface area (TPSA) is 177 Å². The number of carboxylic acids is 1. The van der Waals surface area contributed by atoms with Crippen LogP contribution >= 0.6 is 0 Å². The van der Waals surface area contributed by atoms with Crippen molar-refractivity contribution in [2.75, 3.05) is 19.6 Å². The molecule has 0 unspecified atom stereocenters. The van der Waals surface area contributed by atoms with Crippen LogP contribution in [0.1, 0.15) is 57.8 Å². The van der Waals surface area contributed by atoms with Crippen molar-refractivity contribution >= 4 is 23.7 Å². The lowest BCUT2D eigenvalue weighted by Crippen LogP contribution is -2.50. The molecule has 0 aromatic rings. The molecule has 1 fully saturated rings. The molecule has 0 aromatic carbocycles. The molecule has 0 bridgehead atoms. The fourth-order valence-electron chi connectivity index (χ4n) is 3.27. The molecule has 1 aliphatic rings.